The Labute approximate surface area is 94.9 Å². The lowest BCUT2D eigenvalue weighted by Crippen LogP contribution is -2.76. The van der Waals surface area contributed by atoms with E-state index in [-0.39, 0.29) is 5.90 Å². The third kappa shape index (κ3) is 2.46. The predicted octanol–water partition coefficient (Wildman–Crippen LogP) is 0.175. The summed E-state index contributed by atoms with van der Waals surface area (Å²) in [6, 6.07) is 6.86. The number of benzene rings is 1. The number of hydrogen-bond acceptors (Lipinski definition) is 2. The van der Waals surface area contributed by atoms with Gasteiger partial charge in [-0.3, -0.25) is 0 Å². The van der Waals surface area contributed by atoms with Gasteiger partial charge in [0.25, 0.3) is 0 Å². The summed E-state index contributed by atoms with van der Waals surface area (Å²) in [5.41, 5.74) is 1.35. The molecule has 0 radical (unpaired) electrons. The monoisotopic (exact) mass is 244 g/mol. The highest BCUT2D eigenvalue weighted by Crippen LogP contribution is 2.18. The molecule has 0 aliphatic carbocycles. The number of nitrogens with one attached hydrogen (secondary N) is 1. The van der Waals surface area contributed by atoms with E-state index in [1.807, 2.05) is 0 Å². The fourth-order valence-electron chi connectivity index (χ4n) is 1.61. The molecule has 0 aromatic heterocycles. The Bertz CT molecular complexity index is 480. The van der Waals surface area contributed by atoms with Crippen LogP contribution < -0.4 is 4.99 Å². The summed E-state index contributed by atoms with van der Waals surface area (Å²) in [7, 11) is 0. The highest BCUT2D eigenvalue weighted by Gasteiger charge is 2.43. The molecule has 17 heavy (non-hydrogen) atoms. The molecular weight excluding hydrogens is 235 g/mol. The van der Waals surface area contributed by atoms with Gasteiger partial charge in [-0.2, -0.15) is 13.2 Å². The van der Waals surface area contributed by atoms with Crippen LogP contribution >= 0.6 is 0 Å². The molecule has 1 aromatic carbocycles. The van der Waals surface area contributed by atoms with Crippen LogP contribution in [0.15, 0.2) is 24.3 Å². The number of carbonyl (C=O) groups excluding carboxylic acids is 1. The van der Waals surface area contributed by atoms with Gasteiger partial charge in [0.15, 0.2) is 0 Å². The number of alkyl halides is 3. The van der Waals surface area contributed by atoms with E-state index < -0.39 is 12.1 Å². The van der Waals surface area contributed by atoms with Gasteiger partial charge in [0.2, 0.25) is 0 Å². The highest BCUT2D eigenvalue weighted by molar-refractivity contribution is 5.99. The summed E-state index contributed by atoms with van der Waals surface area (Å²) in [4.78, 5) is 13.4. The fourth-order valence-corrected chi connectivity index (χ4v) is 1.61. The maximum Gasteiger partial charge on any atom is 0.491 e. The summed E-state index contributed by atoms with van der Waals surface area (Å²) in [5.74, 6) is -2.34. The van der Waals surface area contributed by atoms with Crippen LogP contribution in [0.2, 0.25) is 0 Å². The van der Waals surface area contributed by atoms with Crippen LogP contribution in [-0.4, -0.2) is 24.6 Å². The van der Waals surface area contributed by atoms with Crippen LogP contribution in [0, 0.1) is 0 Å². The molecule has 0 saturated heterocycles. The number of esters is 1. The van der Waals surface area contributed by atoms with Crippen molar-refractivity contribution in [3.05, 3.63) is 35.4 Å². The number of carbonyl (C=O) groups is 1. The van der Waals surface area contributed by atoms with Crippen LogP contribution in [0.3, 0.4) is 0 Å². The van der Waals surface area contributed by atoms with Crippen LogP contribution in [0.1, 0.15) is 11.1 Å². The minimum atomic E-state index is -4.99. The first-order valence-electron chi connectivity index (χ1n) is 4.96. The first kappa shape index (κ1) is 11.6. The summed E-state index contributed by atoms with van der Waals surface area (Å²) < 4.78 is 40.5. The Kier molecular flexibility index (Phi) is 2.87. The fraction of sp³-hybridized carbons (Fsp3) is 0.273. The lowest BCUT2D eigenvalue weighted by Gasteiger charge is -2.11. The number of ether oxygens (including phenoxy) is 1. The largest absolute Gasteiger partial charge is 0.491 e. The molecule has 1 heterocycles. The Morgan fingerprint density at radius 1 is 1.29 bits per heavy atom. The lowest BCUT2D eigenvalue weighted by atomic mass is 10.0. The van der Waals surface area contributed by atoms with Crippen LogP contribution in [0.5, 0.6) is 0 Å². The van der Waals surface area contributed by atoms with Gasteiger partial charge in [-0.25, -0.2) is 9.79 Å². The van der Waals surface area contributed by atoms with Crippen molar-refractivity contribution < 1.29 is 27.7 Å². The van der Waals surface area contributed by atoms with E-state index >= 15 is 0 Å². The van der Waals surface area contributed by atoms with Crippen molar-refractivity contribution >= 4 is 11.9 Å². The Morgan fingerprint density at radius 3 is 2.71 bits per heavy atom. The van der Waals surface area contributed by atoms with Crippen molar-refractivity contribution in [1.82, 2.24) is 0 Å². The molecule has 0 unspecified atom stereocenters. The van der Waals surface area contributed by atoms with E-state index in [0.29, 0.717) is 18.5 Å². The first-order valence-corrected chi connectivity index (χ1v) is 4.96. The quantitative estimate of drug-likeness (QED) is 0.661. The van der Waals surface area contributed by atoms with Crippen LogP contribution in [-0.2, 0) is 16.0 Å². The van der Waals surface area contributed by atoms with E-state index in [1.54, 1.807) is 24.3 Å². The topological polar surface area (TPSA) is 40.3 Å². The SMILES string of the molecule is O=C(OC1=[NH+]CCc2ccccc21)C(F)(F)F. The molecule has 0 amide bonds. The molecule has 0 saturated carbocycles. The van der Waals surface area contributed by atoms with Crippen molar-refractivity contribution in [3.63, 3.8) is 0 Å². The third-order valence-electron chi connectivity index (χ3n) is 2.37. The lowest BCUT2D eigenvalue weighted by molar-refractivity contribution is -0.467. The molecule has 0 spiro atoms. The maximum atomic E-state index is 12.1. The van der Waals surface area contributed by atoms with E-state index in [9.17, 15) is 18.0 Å². The van der Waals surface area contributed by atoms with Gasteiger partial charge >= 0.3 is 18.0 Å². The standard InChI is InChI=1S/C11H8F3NO2/c12-11(13,14)10(16)17-9-8-4-2-1-3-7(8)5-6-15-9/h1-4H,5-6H2/p+1. The minimum Gasteiger partial charge on any atom is -0.364 e. The average Bonchev–Trinajstić information content (AvgIpc) is 2.28. The summed E-state index contributed by atoms with van der Waals surface area (Å²) in [6.45, 7) is 0.442. The van der Waals surface area contributed by atoms with E-state index in [0.717, 1.165) is 5.56 Å². The van der Waals surface area contributed by atoms with Gasteiger partial charge < -0.3 is 4.74 Å². The summed E-state index contributed by atoms with van der Waals surface area (Å²) in [5, 5.41) is 0. The second kappa shape index (κ2) is 4.20. The smallest absolute Gasteiger partial charge is 0.364 e. The molecular formula is C11H9F3NO2+. The van der Waals surface area contributed by atoms with E-state index in [1.165, 1.54) is 0 Å². The molecule has 90 valence electrons. The molecule has 1 aliphatic rings. The second-order valence-electron chi connectivity index (χ2n) is 3.55. The molecule has 2 rings (SSSR count). The first-order chi connectivity index (χ1) is 7.98. The molecule has 0 atom stereocenters. The summed E-state index contributed by atoms with van der Waals surface area (Å²) >= 11 is 0. The molecule has 1 aromatic rings. The molecule has 0 bridgehead atoms. The zero-order valence-corrected chi connectivity index (χ0v) is 8.67. The zero-order chi connectivity index (χ0) is 12.5. The Hall–Kier alpha value is -1.85. The van der Waals surface area contributed by atoms with E-state index in [4.69, 9.17) is 0 Å². The third-order valence-corrected chi connectivity index (χ3v) is 2.37. The van der Waals surface area contributed by atoms with Crippen LogP contribution in [0.4, 0.5) is 13.2 Å². The number of rotatable bonds is 0. The van der Waals surface area contributed by atoms with Crippen molar-refractivity contribution in [3.8, 4) is 0 Å². The molecule has 0 fully saturated rings. The minimum absolute atomic E-state index is 0.130. The molecule has 1 N–H and O–H groups in total. The average molecular weight is 244 g/mol. The number of fused-ring (bicyclic) bond motifs is 1. The predicted molar refractivity (Wildman–Crippen MR) is 52.2 cm³/mol. The van der Waals surface area contributed by atoms with Gasteiger partial charge in [-0.1, -0.05) is 18.2 Å². The van der Waals surface area contributed by atoms with Gasteiger partial charge in [0, 0.05) is 6.42 Å². The van der Waals surface area contributed by atoms with Gasteiger partial charge in [0.1, 0.15) is 6.54 Å². The Balaban J connectivity index is 2.24. The second-order valence-corrected chi connectivity index (χ2v) is 3.55. The highest BCUT2D eigenvalue weighted by atomic mass is 19.4. The normalized spacial score (nSPS) is 14.9. The molecule has 3 nitrogen and oxygen atoms in total. The van der Waals surface area contributed by atoms with Crippen LogP contribution in [0.25, 0.3) is 0 Å². The van der Waals surface area contributed by atoms with Gasteiger partial charge in [0.05, 0.1) is 5.56 Å². The Morgan fingerprint density at radius 2 is 2.00 bits per heavy atom. The maximum absolute atomic E-state index is 12.1. The van der Waals surface area contributed by atoms with Crippen molar-refractivity contribution in [2.45, 2.75) is 12.6 Å². The van der Waals surface area contributed by atoms with E-state index in [2.05, 4.69) is 9.73 Å². The molecule has 1 aliphatic heterocycles. The molecule has 6 heteroatoms. The number of hydrogen-bond donors (Lipinski definition) is 1. The number of halogens is 3. The summed E-state index contributed by atoms with van der Waals surface area (Å²) in [6.07, 6.45) is -4.30. The van der Waals surface area contributed by atoms with Crippen molar-refractivity contribution in [2.24, 2.45) is 0 Å². The van der Waals surface area contributed by atoms with Gasteiger partial charge in [-0.15, -0.1) is 0 Å². The zero-order valence-electron chi connectivity index (χ0n) is 8.67. The van der Waals surface area contributed by atoms with Crippen molar-refractivity contribution in [1.29, 1.82) is 0 Å². The van der Waals surface area contributed by atoms with Gasteiger partial charge in [-0.05, 0) is 11.6 Å². The van der Waals surface area contributed by atoms with Crippen molar-refractivity contribution in [2.75, 3.05) is 6.54 Å².